The van der Waals surface area contributed by atoms with Crippen molar-refractivity contribution in [1.82, 2.24) is 15.6 Å². The zero-order valence-electron chi connectivity index (χ0n) is 22.3. The van der Waals surface area contributed by atoms with Crippen LogP contribution in [0.5, 0.6) is 0 Å². The fourth-order valence-corrected chi connectivity index (χ4v) is 4.87. The first kappa shape index (κ1) is 27.9. The minimum Gasteiger partial charge on any atom is -0.389 e. The van der Waals surface area contributed by atoms with E-state index in [9.17, 15) is 24.3 Å². The monoisotopic (exact) mass is 532 g/mol. The van der Waals surface area contributed by atoms with Crippen LogP contribution in [0.15, 0.2) is 36.5 Å². The molecule has 0 radical (unpaired) electrons. The SMILES string of the molecule is Cc1cc(N2CC[C@@](C#N)(C3CC3)C2=O)cc(C(=O)NCc2cc(F)cc(/C(C=N)=C/NCC(C)(C)O)c2)n1. The van der Waals surface area contributed by atoms with Gasteiger partial charge >= 0.3 is 0 Å². The Morgan fingerprint density at radius 3 is 2.72 bits per heavy atom. The van der Waals surface area contributed by atoms with E-state index in [1.54, 1.807) is 43.9 Å². The number of anilines is 1. The normalized spacial score (nSPS) is 19.5. The second kappa shape index (κ2) is 10.9. The van der Waals surface area contributed by atoms with Gasteiger partial charge in [0, 0.05) is 49.0 Å². The molecule has 0 bridgehead atoms. The summed E-state index contributed by atoms with van der Waals surface area (Å²) < 4.78 is 14.4. The van der Waals surface area contributed by atoms with Crippen LogP contribution in [-0.2, 0) is 11.3 Å². The average molecular weight is 533 g/mol. The van der Waals surface area contributed by atoms with E-state index in [-0.39, 0.29) is 30.6 Å². The number of allylic oxidation sites excluding steroid dienone is 1. The van der Waals surface area contributed by atoms with Crippen molar-refractivity contribution in [2.24, 2.45) is 11.3 Å². The van der Waals surface area contributed by atoms with Crippen molar-refractivity contribution >= 4 is 29.3 Å². The molecule has 10 heteroatoms. The van der Waals surface area contributed by atoms with E-state index in [0.717, 1.165) is 19.1 Å². The highest BCUT2D eigenvalue weighted by Gasteiger charge is 2.56. The molecule has 0 unspecified atom stereocenters. The Balaban J connectivity index is 1.48. The summed E-state index contributed by atoms with van der Waals surface area (Å²) in [6.07, 6.45) is 4.84. The van der Waals surface area contributed by atoms with E-state index in [0.29, 0.717) is 41.0 Å². The van der Waals surface area contributed by atoms with E-state index in [1.807, 2.05) is 0 Å². The Labute approximate surface area is 227 Å². The third kappa shape index (κ3) is 6.32. The van der Waals surface area contributed by atoms with Gasteiger partial charge in [0.25, 0.3) is 5.91 Å². The van der Waals surface area contributed by atoms with E-state index < -0.39 is 22.7 Å². The number of halogens is 1. The maximum absolute atomic E-state index is 14.4. The van der Waals surface area contributed by atoms with Crippen molar-refractivity contribution in [2.75, 3.05) is 18.0 Å². The van der Waals surface area contributed by atoms with Crippen LogP contribution in [0, 0.1) is 40.8 Å². The van der Waals surface area contributed by atoms with Crippen LogP contribution < -0.4 is 15.5 Å². The van der Waals surface area contributed by atoms with Gasteiger partial charge in [-0.2, -0.15) is 5.26 Å². The van der Waals surface area contributed by atoms with Crippen LogP contribution in [0.4, 0.5) is 10.1 Å². The van der Waals surface area contributed by atoms with E-state index in [4.69, 9.17) is 5.41 Å². The van der Waals surface area contributed by atoms with Crippen molar-refractivity contribution in [1.29, 1.82) is 10.7 Å². The maximum Gasteiger partial charge on any atom is 0.270 e. The van der Waals surface area contributed by atoms with Crippen LogP contribution in [0.25, 0.3) is 5.57 Å². The second-order valence-corrected chi connectivity index (χ2v) is 10.9. The highest BCUT2D eigenvalue weighted by Crippen LogP contribution is 2.51. The topological polar surface area (TPSA) is 142 Å². The number of nitriles is 1. The Morgan fingerprint density at radius 1 is 1.33 bits per heavy atom. The van der Waals surface area contributed by atoms with E-state index in [2.05, 4.69) is 21.7 Å². The first-order valence-electron chi connectivity index (χ1n) is 12.9. The van der Waals surface area contributed by atoms with Crippen molar-refractivity contribution < 1.29 is 19.1 Å². The number of rotatable bonds is 10. The number of amides is 2. The Kier molecular flexibility index (Phi) is 7.84. The van der Waals surface area contributed by atoms with Gasteiger partial charge in [-0.15, -0.1) is 0 Å². The lowest BCUT2D eigenvalue weighted by Crippen LogP contribution is -2.35. The average Bonchev–Trinajstić information content (AvgIpc) is 3.67. The zero-order valence-corrected chi connectivity index (χ0v) is 22.3. The van der Waals surface area contributed by atoms with Crippen molar-refractivity contribution in [2.45, 2.75) is 52.2 Å². The first-order chi connectivity index (χ1) is 18.5. The Morgan fingerprint density at radius 2 is 2.08 bits per heavy atom. The number of benzene rings is 1. The first-order valence-corrected chi connectivity index (χ1v) is 12.9. The molecule has 1 atom stereocenters. The predicted octanol–water partition coefficient (Wildman–Crippen LogP) is 3.47. The van der Waals surface area contributed by atoms with E-state index >= 15 is 0 Å². The highest BCUT2D eigenvalue weighted by atomic mass is 19.1. The lowest BCUT2D eigenvalue weighted by Gasteiger charge is -2.21. The summed E-state index contributed by atoms with van der Waals surface area (Å²) >= 11 is 0. The molecule has 2 heterocycles. The third-order valence-electron chi connectivity index (χ3n) is 7.00. The van der Waals surface area contributed by atoms with Gasteiger partial charge in [-0.25, -0.2) is 9.37 Å². The Bertz CT molecular complexity index is 1370. The molecule has 4 rings (SSSR count). The summed E-state index contributed by atoms with van der Waals surface area (Å²) in [4.78, 5) is 32.1. The molecule has 2 fully saturated rings. The van der Waals surface area contributed by atoms with Crippen LogP contribution >= 0.6 is 0 Å². The van der Waals surface area contributed by atoms with Gasteiger partial charge in [0.15, 0.2) is 0 Å². The van der Waals surface area contributed by atoms with Crippen LogP contribution in [0.2, 0.25) is 0 Å². The summed E-state index contributed by atoms with van der Waals surface area (Å²) in [6.45, 7) is 5.68. The molecule has 1 saturated heterocycles. The summed E-state index contributed by atoms with van der Waals surface area (Å²) in [5, 5.41) is 33.0. The number of hydrogen-bond acceptors (Lipinski definition) is 7. The predicted molar refractivity (Wildman–Crippen MR) is 145 cm³/mol. The van der Waals surface area contributed by atoms with Crippen molar-refractivity contribution in [3.05, 3.63) is 64.9 Å². The van der Waals surface area contributed by atoms with Gasteiger partial charge in [0.2, 0.25) is 5.91 Å². The quantitative estimate of drug-likeness (QED) is 0.345. The smallest absolute Gasteiger partial charge is 0.270 e. The zero-order chi connectivity index (χ0) is 28.4. The van der Waals surface area contributed by atoms with Crippen molar-refractivity contribution in [3.8, 4) is 6.07 Å². The third-order valence-corrected chi connectivity index (χ3v) is 7.00. The molecule has 1 aromatic carbocycles. The maximum atomic E-state index is 14.4. The number of nitrogens with zero attached hydrogens (tertiary/aromatic N) is 3. The van der Waals surface area contributed by atoms with Crippen molar-refractivity contribution in [3.63, 3.8) is 0 Å². The number of hydrogen-bond donors (Lipinski definition) is 4. The molecule has 204 valence electrons. The number of pyridine rings is 1. The fourth-order valence-electron chi connectivity index (χ4n) is 4.87. The van der Waals surface area contributed by atoms with E-state index in [1.165, 1.54) is 18.3 Å². The molecule has 1 aliphatic heterocycles. The molecule has 2 amide bonds. The second-order valence-electron chi connectivity index (χ2n) is 10.9. The molecule has 0 spiro atoms. The molecule has 1 aromatic heterocycles. The summed E-state index contributed by atoms with van der Waals surface area (Å²) in [6, 6.07) is 9.80. The molecule has 39 heavy (non-hydrogen) atoms. The minimum atomic E-state index is -0.984. The molecule has 4 N–H and O–H groups in total. The van der Waals surface area contributed by atoms with Gasteiger partial charge in [0.05, 0.1) is 11.7 Å². The van der Waals surface area contributed by atoms with Crippen LogP contribution in [0.1, 0.15) is 60.4 Å². The van der Waals surface area contributed by atoms with Crippen LogP contribution in [-0.4, -0.2) is 46.8 Å². The number of aliphatic hydroxyl groups is 1. The lowest BCUT2D eigenvalue weighted by molar-refractivity contribution is -0.123. The molecular weight excluding hydrogens is 499 g/mol. The van der Waals surface area contributed by atoms with Gasteiger partial charge in [-0.1, -0.05) is 0 Å². The van der Waals surface area contributed by atoms with Crippen LogP contribution in [0.3, 0.4) is 0 Å². The summed E-state index contributed by atoms with van der Waals surface area (Å²) in [5.74, 6) is -1.13. The minimum absolute atomic E-state index is 0.0127. The lowest BCUT2D eigenvalue weighted by atomic mass is 9.83. The number of carbonyl (C=O) groups excluding carboxylic acids is 2. The molecular formula is C29H33FN6O3. The molecule has 1 saturated carbocycles. The number of aromatic nitrogens is 1. The summed E-state index contributed by atoms with van der Waals surface area (Å²) in [5.41, 5.74) is 0.599. The van der Waals surface area contributed by atoms with Gasteiger partial charge in [-0.05, 0) is 87.4 Å². The highest BCUT2D eigenvalue weighted by molar-refractivity contribution is 6.08. The number of aryl methyl sites for hydroxylation is 1. The molecule has 9 nitrogen and oxygen atoms in total. The van der Waals surface area contributed by atoms with Gasteiger partial charge < -0.3 is 26.0 Å². The summed E-state index contributed by atoms with van der Waals surface area (Å²) in [7, 11) is 0. The molecule has 2 aliphatic rings. The molecule has 2 aromatic rings. The van der Waals surface area contributed by atoms with Gasteiger partial charge in [-0.3, -0.25) is 9.59 Å². The standard InChI is InChI=1S/C29H33FN6O3/c1-18-8-24(36-7-6-29(16-32,27(36)38)22-4-5-22)12-25(35-18)26(37)34-14-19-9-20(11-23(30)10-19)21(13-31)15-33-17-28(2,3)39/h8-13,15,22,31,33,39H,4-7,14,17H2,1-3H3,(H,34,37)/b21-15+,31-13?/t29-/m1/s1. The molecule has 1 aliphatic carbocycles. The van der Waals surface area contributed by atoms with Gasteiger partial charge in [0.1, 0.15) is 16.9 Å². The number of carbonyl (C=O) groups is 2. The fraction of sp³-hybridized carbons (Fsp3) is 0.414. The Hall–Kier alpha value is -4.10. The number of nitrogens with one attached hydrogen (secondary N) is 3. The largest absolute Gasteiger partial charge is 0.389 e.